The van der Waals surface area contributed by atoms with Crippen LogP contribution in [-0.2, 0) is 16.0 Å². The largest absolute Gasteiger partial charge is 0.338 e. The van der Waals surface area contributed by atoms with Crippen LogP contribution in [0.4, 0.5) is 5.95 Å². The zero-order chi connectivity index (χ0) is 18.9. The summed E-state index contributed by atoms with van der Waals surface area (Å²) in [5.41, 5.74) is 1.10. The number of anilines is 1. The van der Waals surface area contributed by atoms with Gasteiger partial charge in [0.15, 0.2) is 0 Å². The second kappa shape index (κ2) is 9.50. The number of amides is 2. The molecule has 1 aromatic heterocycles. The number of hydrogen-bond donors (Lipinski definition) is 2. The van der Waals surface area contributed by atoms with Crippen molar-refractivity contribution >= 4 is 23.8 Å². The summed E-state index contributed by atoms with van der Waals surface area (Å²) in [6.45, 7) is 6.71. The number of benzene rings is 1. The van der Waals surface area contributed by atoms with Crippen molar-refractivity contribution in [2.24, 2.45) is 5.92 Å². The third-order valence-corrected chi connectivity index (χ3v) is 3.51. The molecule has 26 heavy (non-hydrogen) atoms. The van der Waals surface area contributed by atoms with E-state index in [4.69, 9.17) is 0 Å². The highest BCUT2D eigenvalue weighted by Gasteiger charge is 2.16. The Morgan fingerprint density at radius 2 is 2.00 bits per heavy atom. The molecule has 0 atom stereocenters. The SMILES string of the molecule is CC(=O)Nc1n[nH]c(CC(=O)N(CC=Cc2ccccc2)CC(C)C)n1. The van der Waals surface area contributed by atoms with Crippen molar-refractivity contribution in [3.63, 3.8) is 0 Å². The van der Waals surface area contributed by atoms with Crippen molar-refractivity contribution in [2.75, 3.05) is 18.4 Å². The van der Waals surface area contributed by atoms with E-state index in [9.17, 15) is 9.59 Å². The van der Waals surface area contributed by atoms with Gasteiger partial charge in [0.25, 0.3) is 0 Å². The number of rotatable bonds is 8. The highest BCUT2D eigenvalue weighted by atomic mass is 16.2. The molecule has 0 unspecified atom stereocenters. The number of carbonyl (C=O) groups excluding carboxylic acids is 2. The van der Waals surface area contributed by atoms with E-state index in [1.54, 1.807) is 4.90 Å². The average molecular weight is 355 g/mol. The number of carbonyl (C=O) groups is 2. The van der Waals surface area contributed by atoms with Gasteiger partial charge in [-0.05, 0) is 11.5 Å². The Bertz CT molecular complexity index is 752. The van der Waals surface area contributed by atoms with Crippen LogP contribution in [0.15, 0.2) is 36.4 Å². The van der Waals surface area contributed by atoms with Crippen LogP contribution in [0.25, 0.3) is 6.08 Å². The molecule has 138 valence electrons. The van der Waals surface area contributed by atoms with Crippen molar-refractivity contribution in [2.45, 2.75) is 27.2 Å². The Labute approximate surface area is 153 Å². The van der Waals surface area contributed by atoms with Crippen LogP contribution in [0.5, 0.6) is 0 Å². The molecule has 2 amide bonds. The lowest BCUT2D eigenvalue weighted by molar-refractivity contribution is -0.130. The van der Waals surface area contributed by atoms with Crippen LogP contribution in [-0.4, -0.2) is 45.0 Å². The summed E-state index contributed by atoms with van der Waals surface area (Å²) in [6, 6.07) is 9.96. The number of H-pyrrole nitrogens is 1. The van der Waals surface area contributed by atoms with Crippen molar-refractivity contribution in [1.29, 1.82) is 0 Å². The van der Waals surface area contributed by atoms with Gasteiger partial charge in [-0.3, -0.25) is 20.0 Å². The van der Waals surface area contributed by atoms with Crippen LogP contribution in [0.3, 0.4) is 0 Å². The predicted octanol–water partition coefficient (Wildman–Crippen LogP) is 2.50. The van der Waals surface area contributed by atoms with Crippen LogP contribution in [0.2, 0.25) is 0 Å². The fraction of sp³-hybridized carbons (Fsp3) is 0.368. The standard InChI is InChI=1S/C19H25N5O2/c1-14(2)13-24(11-7-10-16-8-5-4-6-9-16)18(26)12-17-21-19(23-22-17)20-15(3)25/h4-10,14H,11-13H2,1-3H3,(H2,20,21,22,23,25). The molecule has 1 aromatic carbocycles. The van der Waals surface area contributed by atoms with E-state index in [0.717, 1.165) is 5.56 Å². The van der Waals surface area contributed by atoms with Gasteiger partial charge in [0, 0.05) is 20.0 Å². The summed E-state index contributed by atoms with van der Waals surface area (Å²) in [5, 5.41) is 9.05. The monoisotopic (exact) mass is 355 g/mol. The first-order valence-electron chi connectivity index (χ1n) is 8.62. The highest BCUT2D eigenvalue weighted by Crippen LogP contribution is 2.07. The quantitative estimate of drug-likeness (QED) is 0.761. The van der Waals surface area contributed by atoms with Crippen LogP contribution in [0, 0.1) is 5.92 Å². The van der Waals surface area contributed by atoms with E-state index in [0.29, 0.717) is 24.8 Å². The summed E-state index contributed by atoms with van der Waals surface area (Å²) >= 11 is 0. The van der Waals surface area contributed by atoms with E-state index in [1.165, 1.54) is 6.92 Å². The van der Waals surface area contributed by atoms with E-state index < -0.39 is 0 Å². The smallest absolute Gasteiger partial charge is 0.248 e. The predicted molar refractivity (Wildman–Crippen MR) is 101 cm³/mol. The lowest BCUT2D eigenvalue weighted by atomic mass is 10.2. The lowest BCUT2D eigenvalue weighted by Gasteiger charge is -2.23. The summed E-state index contributed by atoms with van der Waals surface area (Å²) in [6.07, 6.45) is 4.10. The van der Waals surface area contributed by atoms with Gasteiger partial charge in [-0.1, -0.05) is 56.3 Å². The van der Waals surface area contributed by atoms with Gasteiger partial charge < -0.3 is 4.90 Å². The van der Waals surface area contributed by atoms with Crippen molar-refractivity contribution in [3.05, 3.63) is 47.8 Å². The topological polar surface area (TPSA) is 91.0 Å². The van der Waals surface area contributed by atoms with E-state index >= 15 is 0 Å². The Morgan fingerprint density at radius 1 is 1.27 bits per heavy atom. The van der Waals surface area contributed by atoms with Gasteiger partial charge in [-0.25, -0.2) is 0 Å². The van der Waals surface area contributed by atoms with E-state index in [2.05, 4.69) is 34.3 Å². The molecule has 0 saturated carbocycles. The third kappa shape index (κ3) is 6.51. The summed E-state index contributed by atoms with van der Waals surface area (Å²) in [5.74, 6) is 0.671. The fourth-order valence-corrected chi connectivity index (χ4v) is 2.44. The Balaban J connectivity index is 1.98. The molecule has 0 aliphatic carbocycles. The first-order chi connectivity index (χ1) is 12.4. The molecule has 1 heterocycles. The minimum atomic E-state index is -0.255. The molecule has 0 bridgehead atoms. The van der Waals surface area contributed by atoms with Crippen molar-refractivity contribution in [3.8, 4) is 0 Å². The van der Waals surface area contributed by atoms with E-state index in [-0.39, 0.29) is 24.2 Å². The highest BCUT2D eigenvalue weighted by molar-refractivity contribution is 5.86. The zero-order valence-electron chi connectivity index (χ0n) is 15.4. The molecule has 2 N–H and O–H groups in total. The first-order valence-corrected chi connectivity index (χ1v) is 8.62. The number of aromatic amines is 1. The Kier molecular flexibility index (Phi) is 7.08. The van der Waals surface area contributed by atoms with Gasteiger partial charge in [0.2, 0.25) is 17.8 Å². The van der Waals surface area contributed by atoms with Crippen LogP contribution < -0.4 is 5.32 Å². The number of nitrogens with zero attached hydrogens (tertiary/aromatic N) is 3. The van der Waals surface area contributed by atoms with Crippen molar-refractivity contribution < 1.29 is 9.59 Å². The van der Waals surface area contributed by atoms with Crippen LogP contribution >= 0.6 is 0 Å². The summed E-state index contributed by atoms with van der Waals surface area (Å²) in [4.78, 5) is 29.6. The first kappa shape index (κ1) is 19.4. The molecular formula is C19H25N5O2. The minimum absolute atomic E-state index is 0.0399. The molecule has 0 spiro atoms. The van der Waals surface area contributed by atoms with Crippen molar-refractivity contribution in [1.82, 2.24) is 20.1 Å². The van der Waals surface area contributed by atoms with Gasteiger partial charge in [0.05, 0.1) is 6.42 Å². The molecule has 7 heteroatoms. The van der Waals surface area contributed by atoms with E-state index in [1.807, 2.05) is 42.5 Å². The molecule has 0 radical (unpaired) electrons. The average Bonchev–Trinajstić information content (AvgIpc) is 3.00. The second-order valence-corrected chi connectivity index (χ2v) is 6.47. The third-order valence-electron chi connectivity index (χ3n) is 3.51. The second-order valence-electron chi connectivity index (χ2n) is 6.47. The van der Waals surface area contributed by atoms with Crippen LogP contribution in [0.1, 0.15) is 32.2 Å². The maximum atomic E-state index is 12.6. The minimum Gasteiger partial charge on any atom is -0.338 e. The fourth-order valence-electron chi connectivity index (χ4n) is 2.44. The van der Waals surface area contributed by atoms with Gasteiger partial charge in [0.1, 0.15) is 5.82 Å². The molecule has 0 aliphatic rings. The summed E-state index contributed by atoms with van der Waals surface area (Å²) < 4.78 is 0. The Morgan fingerprint density at radius 3 is 2.65 bits per heavy atom. The normalized spacial score (nSPS) is 11.1. The molecule has 7 nitrogen and oxygen atoms in total. The Hall–Kier alpha value is -2.96. The summed E-state index contributed by atoms with van der Waals surface area (Å²) in [7, 11) is 0. The molecule has 0 fully saturated rings. The molecule has 0 saturated heterocycles. The zero-order valence-corrected chi connectivity index (χ0v) is 15.4. The van der Waals surface area contributed by atoms with Gasteiger partial charge >= 0.3 is 0 Å². The number of nitrogens with one attached hydrogen (secondary N) is 2. The molecule has 2 rings (SSSR count). The maximum absolute atomic E-state index is 12.6. The van der Waals surface area contributed by atoms with Gasteiger partial charge in [-0.2, -0.15) is 4.98 Å². The van der Waals surface area contributed by atoms with Gasteiger partial charge in [-0.15, -0.1) is 5.10 Å². The molecule has 0 aliphatic heterocycles. The number of hydrogen-bond acceptors (Lipinski definition) is 4. The lowest BCUT2D eigenvalue weighted by Crippen LogP contribution is -2.35. The molecular weight excluding hydrogens is 330 g/mol. The maximum Gasteiger partial charge on any atom is 0.248 e. The number of aromatic nitrogens is 3. The molecule has 2 aromatic rings.